The molecule has 5 rings (SSSR count). The third-order valence-corrected chi connectivity index (χ3v) is 6.21. The Morgan fingerprint density at radius 3 is 2.47 bits per heavy atom. The van der Waals surface area contributed by atoms with Gasteiger partial charge < -0.3 is 18.8 Å². The fraction of sp³-hybridized carbons (Fsp3) is 0.148. The van der Waals surface area contributed by atoms with Gasteiger partial charge in [-0.25, -0.2) is 0 Å². The van der Waals surface area contributed by atoms with Crippen LogP contribution in [0.15, 0.2) is 90.2 Å². The van der Waals surface area contributed by atoms with Crippen LogP contribution in [0.3, 0.4) is 0 Å². The Bertz CT molecular complexity index is 1530. The summed E-state index contributed by atoms with van der Waals surface area (Å²) in [5, 5.41) is 0. The zero-order valence-electron chi connectivity index (χ0n) is 20.0. The van der Waals surface area contributed by atoms with Crippen molar-refractivity contribution in [2.75, 3.05) is 18.6 Å². The molecule has 0 aliphatic carbocycles. The number of methoxy groups -OCH3 is 1. The second-order valence-electron chi connectivity index (χ2n) is 7.79. The number of rotatable bonds is 6. The van der Waals surface area contributed by atoms with Crippen molar-refractivity contribution in [2.45, 2.75) is 12.8 Å². The van der Waals surface area contributed by atoms with Crippen LogP contribution in [0.25, 0.3) is 28.3 Å². The molecule has 3 aromatic carbocycles. The monoisotopic (exact) mass is 507 g/mol. The number of oxazole rings is 1. The lowest BCUT2D eigenvalue weighted by atomic mass is 10.0. The van der Waals surface area contributed by atoms with E-state index in [0.717, 1.165) is 16.8 Å². The van der Waals surface area contributed by atoms with Crippen molar-refractivity contribution in [2.24, 2.45) is 0 Å². The molecule has 8 nitrogen and oxygen atoms in total. The lowest BCUT2D eigenvalue weighted by Gasteiger charge is -2.15. The number of anilines is 1. The lowest BCUT2D eigenvalue weighted by molar-refractivity contribution is -0.658. The van der Waals surface area contributed by atoms with Gasteiger partial charge in [0.1, 0.15) is 11.8 Å². The van der Waals surface area contributed by atoms with Gasteiger partial charge in [0.05, 0.1) is 18.9 Å². The van der Waals surface area contributed by atoms with Crippen LogP contribution in [-0.4, -0.2) is 26.6 Å². The van der Waals surface area contributed by atoms with Crippen LogP contribution < -0.4 is 18.9 Å². The Labute approximate surface area is 210 Å². The molecule has 1 N–H and O–H groups in total. The summed E-state index contributed by atoms with van der Waals surface area (Å²) in [6, 6.07) is 21.1. The van der Waals surface area contributed by atoms with Gasteiger partial charge in [0.15, 0.2) is 5.75 Å². The second-order valence-corrected chi connectivity index (χ2v) is 9.21. The minimum Gasteiger partial charge on any atom is -0.497 e. The number of benzene rings is 3. The summed E-state index contributed by atoms with van der Waals surface area (Å²) in [7, 11) is -2.83. The van der Waals surface area contributed by atoms with Crippen molar-refractivity contribution in [3.8, 4) is 22.6 Å². The van der Waals surface area contributed by atoms with Crippen molar-refractivity contribution in [1.82, 2.24) is 0 Å². The SMILES string of the molecule is C=C.CCN1C(=Cc2oc3ccc(OC)cc3[n+]2CS(=O)(=O)O)Oc2ccc(-c3ccccc3)cc21. The van der Waals surface area contributed by atoms with E-state index in [0.29, 0.717) is 35.0 Å². The van der Waals surface area contributed by atoms with Crippen LogP contribution in [0, 0.1) is 0 Å². The molecule has 186 valence electrons. The van der Waals surface area contributed by atoms with Gasteiger partial charge in [0.2, 0.25) is 11.5 Å². The van der Waals surface area contributed by atoms with Gasteiger partial charge >= 0.3 is 16.0 Å². The van der Waals surface area contributed by atoms with Crippen molar-refractivity contribution in [3.63, 3.8) is 0 Å². The van der Waals surface area contributed by atoms with Crippen LogP contribution >= 0.6 is 0 Å². The fourth-order valence-corrected chi connectivity index (χ4v) is 4.65. The van der Waals surface area contributed by atoms with E-state index in [1.807, 2.05) is 54.3 Å². The first kappa shape index (κ1) is 25.0. The standard InChI is InChI=1S/C25H22N2O6S.C2H4/c1-3-26-20-13-18(17-7-5-4-6-8-17)9-11-22(20)32-24(26)15-25-27(16-34(28,29)30)21-14-19(31-2)10-12-23(21)33-25;1-2/h4-15H,3,16H2,1-2H3;1-2H2/p+1. The normalized spacial score (nSPS) is 13.8. The Hall–Kier alpha value is -4.08. The highest BCUT2D eigenvalue weighted by Crippen LogP contribution is 2.42. The summed E-state index contributed by atoms with van der Waals surface area (Å²) in [6.45, 7) is 8.61. The maximum Gasteiger partial charge on any atom is 0.380 e. The molecule has 1 aliphatic rings. The molecule has 9 heteroatoms. The average molecular weight is 508 g/mol. The van der Waals surface area contributed by atoms with Crippen molar-refractivity contribution < 1.29 is 31.4 Å². The molecule has 4 aromatic rings. The molecule has 0 atom stereocenters. The van der Waals surface area contributed by atoms with Gasteiger partial charge in [-0.2, -0.15) is 8.42 Å². The van der Waals surface area contributed by atoms with Gasteiger partial charge in [-0.15, -0.1) is 17.7 Å². The smallest absolute Gasteiger partial charge is 0.380 e. The molecule has 0 fully saturated rings. The number of fused-ring (bicyclic) bond motifs is 2. The third kappa shape index (κ3) is 4.98. The molecule has 0 unspecified atom stereocenters. The first-order chi connectivity index (χ1) is 17.4. The number of hydrogen-bond donors (Lipinski definition) is 1. The van der Waals surface area contributed by atoms with Gasteiger partial charge in [0, 0.05) is 6.54 Å². The van der Waals surface area contributed by atoms with Gasteiger partial charge in [-0.05, 0) is 42.3 Å². The Morgan fingerprint density at radius 1 is 1.06 bits per heavy atom. The van der Waals surface area contributed by atoms with Crippen LogP contribution in [0.5, 0.6) is 11.5 Å². The summed E-state index contributed by atoms with van der Waals surface area (Å²) in [5.74, 6) is 1.24. The first-order valence-corrected chi connectivity index (χ1v) is 12.8. The highest BCUT2D eigenvalue weighted by molar-refractivity contribution is 7.84. The molecular formula is C27H27N2O6S+. The molecular weight excluding hydrogens is 480 g/mol. The summed E-state index contributed by atoms with van der Waals surface area (Å²) in [5.41, 5.74) is 3.96. The molecule has 0 saturated carbocycles. The predicted molar refractivity (Wildman–Crippen MR) is 139 cm³/mol. The molecule has 0 bridgehead atoms. The molecule has 0 amide bonds. The van der Waals surface area contributed by atoms with E-state index in [1.54, 1.807) is 24.3 Å². The van der Waals surface area contributed by atoms with Crippen molar-refractivity contribution in [1.29, 1.82) is 0 Å². The van der Waals surface area contributed by atoms with E-state index in [2.05, 4.69) is 19.2 Å². The Morgan fingerprint density at radius 2 is 1.81 bits per heavy atom. The predicted octanol–water partition coefficient (Wildman–Crippen LogP) is 5.26. The maximum absolute atomic E-state index is 11.8. The minimum absolute atomic E-state index is 0.213. The second kappa shape index (κ2) is 10.3. The van der Waals surface area contributed by atoms with Crippen LogP contribution in [0.2, 0.25) is 0 Å². The molecule has 0 radical (unpaired) electrons. The zero-order valence-corrected chi connectivity index (χ0v) is 20.9. The van der Waals surface area contributed by atoms with Gasteiger partial charge in [0.25, 0.3) is 11.4 Å². The topological polar surface area (TPSA) is 93.1 Å². The fourth-order valence-electron chi connectivity index (χ4n) is 4.06. The molecule has 0 saturated heterocycles. The van der Waals surface area contributed by atoms with Crippen LogP contribution in [-0.2, 0) is 16.0 Å². The van der Waals surface area contributed by atoms with E-state index < -0.39 is 16.0 Å². The quantitative estimate of drug-likeness (QED) is 0.216. The van der Waals surface area contributed by atoms with E-state index >= 15 is 0 Å². The summed E-state index contributed by atoms with van der Waals surface area (Å²) < 4.78 is 51.7. The van der Waals surface area contributed by atoms with Gasteiger partial charge in [-0.1, -0.05) is 36.4 Å². The molecule has 36 heavy (non-hydrogen) atoms. The van der Waals surface area contributed by atoms with Crippen molar-refractivity contribution in [3.05, 3.63) is 91.7 Å². The number of nitrogens with zero attached hydrogens (tertiary/aromatic N) is 2. The summed E-state index contributed by atoms with van der Waals surface area (Å²) in [4.78, 5) is 1.98. The third-order valence-electron chi connectivity index (χ3n) is 5.63. The highest BCUT2D eigenvalue weighted by atomic mass is 32.2. The summed E-state index contributed by atoms with van der Waals surface area (Å²) in [6.07, 6.45) is 1.63. The largest absolute Gasteiger partial charge is 0.497 e. The van der Waals surface area contributed by atoms with E-state index in [1.165, 1.54) is 11.7 Å². The van der Waals surface area contributed by atoms with Crippen molar-refractivity contribution >= 4 is 33.0 Å². The lowest BCUT2D eigenvalue weighted by Crippen LogP contribution is -2.39. The minimum atomic E-state index is -4.34. The molecule has 1 aliphatic heterocycles. The van der Waals surface area contributed by atoms with E-state index in [4.69, 9.17) is 13.9 Å². The average Bonchev–Trinajstić information content (AvgIpc) is 3.40. The molecule has 0 spiro atoms. The van der Waals surface area contributed by atoms with E-state index in [9.17, 15) is 13.0 Å². The molecule has 1 aromatic heterocycles. The molecule has 2 heterocycles. The Balaban J connectivity index is 0.00000148. The zero-order chi connectivity index (χ0) is 25.9. The maximum atomic E-state index is 11.8. The number of ether oxygens (including phenoxy) is 2. The van der Waals surface area contributed by atoms with Crippen LogP contribution in [0.1, 0.15) is 12.8 Å². The van der Waals surface area contributed by atoms with Crippen LogP contribution in [0.4, 0.5) is 5.69 Å². The van der Waals surface area contributed by atoms with E-state index in [-0.39, 0.29) is 5.89 Å². The number of aromatic nitrogens is 1. The summed E-state index contributed by atoms with van der Waals surface area (Å²) >= 11 is 0. The Kier molecular flexibility index (Phi) is 7.14. The number of hydrogen-bond acceptors (Lipinski definition) is 6. The highest BCUT2D eigenvalue weighted by Gasteiger charge is 2.31. The van der Waals surface area contributed by atoms with Gasteiger partial charge in [-0.3, -0.25) is 4.55 Å². The first-order valence-electron chi connectivity index (χ1n) is 11.2.